The van der Waals surface area contributed by atoms with Gasteiger partial charge >= 0.3 is 0 Å². The van der Waals surface area contributed by atoms with Crippen molar-refractivity contribution in [1.82, 2.24) is 4.98 Å². The van der Waals surface area contributed by atoms with Crippen molar-refractivity contribution in [3.05, 3.63) is 11.1 Å². The first kappa shape index (κ1) is 11.8. The molecular formula is C11H18N2O2S. The van der Waals surface area contributed by atoms with E-state index in [4.69, 9.17) is 4.74 Å². The van der Waals surface area contributed by atoms with Crippen LogP contribution in [0.2, 0.25) is 0 Å². The first-order chi connectivity index (χ1) is 7.70. The fraction of sp³-hybridized carbons (Fsp3) is 0.727. The third kappa shape index (κ3) is 2.53. The maximum Gasteiger partial charge on any atom is 0.185 e. The lowest BCUT2D eigenvalue weighted by Crippen LogP contribution is -2.36. The number of rotatable bonds is 3. The second-order valence-electron chi connectivity index (χ2n) is 4.14. The number of hydrogen-bond donors (Lipinski definition) is 1. The molecule has 5 heteroatoms. The van der Waals surface area contributed by atoms with Gasteiger partial charge in [-0.1, -0.05) is 11.3 Å². The lowest BCUT2D eigenvalue weighted by Gasteiger charge is -2.30. The van der Waals surface area contributed by atoms with Gasteiger partial charge in [0, 0.05) is 26.4 Å². The number of nitrogens with zero attached hydrogens (tertiary/aromatic N) is 2. The Morgan fingerprint density at radius 1 is 1.56 bits per heavy atom. The largest absolute Gasteiger partial charge is 0.388 e. The van der Waals surface area contributed by atoms with Gasteiger partial charge in [0.2, 0.25) is 0 Å². The normalized spacial score (nSPS) is 20.1. The smallest absolute Gasteiger partial charge is 0.185 e. The van der Waals surface area contributed by atoms with E-state index in [1.165, 1.54) is 0 Å². The monoisotopic (exact) mass is 242 g/mol. The molecule has 1 aliphatic rings. The van der Waals surface area contributed by atoms with Crippen LogP contribution in [0.4, 0.5) is 5.13 Å². The van der Waals surface area contributed by atoms with E-state index >= 15 is 0 Å². The van der Waals surface area contributed by atoms with Gasteiger partial charge in [-0.25, -0.2) is 4.98 Å². The summed E-state index contributed by atoms with van der Waals surface area (Å²) in [5, 5.41) is 10.5. The second kappa shape index (κ2) is 5.12. The van der Waals surface area contributed by atoms with Crippen molar-refractivity contribution in [2.45, 2.75) is 32.0 Å². The molecule has 0 spiro atoms. The molecule has 0 aromatic carbocycles. The summed E-state index contributed by atoms with van der Waals surface area (Å²) in [5.74, 6) is 0. The van der Waals surface area contributed by atoms with E-state index in [-0.39, 0.29) is 0 Å². The van der Waals surface area contributed by atoms with Crippen LogP contribution >= 0.6 is 11.3 Å². The van der Waals surface area contributed by atoms with Crippen molar-refractivity contribution < 1.29 is 9.84 Å². The predicted octanol–water partition coefficient (Wildman–Crippen LogP) is 1.81. The molecule has 1 aliphatic heterocycles. The molecule has 1 fully saturated rings. The van der Waals surface area contributed by atoms with E-state index in [2.05, 4.69) is 9.88 Å². The SMILES string of the molecule is COC1CCN(c2ncc(C(C)O)s2)CC1. The van der Waals surface area contributed by atoms with Gasteiger partial charge in [-0.2, -0.15) is 0 Å². The van der Waals surface area contributed by atoms with Crippen molar-refractivity contribution in [2.75, 3.05) is 25.1 Å². The molecule has 90 valence electrons. The Kier molecular flexibility index (Phi) is 3.78. The van der Waals surface area contributed by atoms with Gasteiger partial charge in [-0.15, -0.1) is 0 Å². The summed E-state index contributed by atoms with van der Waals surface area (Å²) in [4.78, 5) is 7.56. The van der Waals surface area contributed by atoms with Crippen LogP contribution in [-0.4, -0.2) is 36.4 Å². The van der Waals surface area contributed by atoms with Gasteiger partial charge in [0.05, 0.1) is 17.1 Å². The Labute approximate surface area is 99.9 Å². The molecule has 4 nitrogen and oxygen atoms in total. The maximum atomic E-state index is 9.45. The third-order valence-corrected chi connectivity index (χ3v) is 4.20. The number of aliphatic hydroxyl groups is 1. The Morgan fingerprint density at radius 2 is 2.25 bits per heavy atom. The molecule has 1 N–H and O–H groups in total. The van der Waals surface area contributed by atoms with Crippen molar-refractivity contribution in [1.29, 1.82) is 0 Å². The van der Waals surface area contributed by atoms with Crippen LogP contribution in [-0.2, 0) is 4.74 Å². The molecule has 1 unspecified atom stereocenters. The van der Waals surface area contributed by atoms with Crippen molar-refractivity contribution in [3.63, 3.8) is 0 Å². The zero-order chi connectivity index (χ0) is 11.5. The Hall–Kier alpha value is -0.650. The highest BCUT2D eigenvalue weighted by atomic mass is 32.1. The Bertz CT molecular complexity index is 332. The minimum Gasteiger partial charge on any atom is -0.388 e. The number of aromatic nitrogens is 1. The highest BCUT2D eigenvalue weighted by Crippen LogP contribution is 2.29. The summed E-state index contributed by atoms with van der Waals surface area (Å²) < 4.78 is 5.34. The number of ether oxygens (including phenoxy) is 1. The van der Waals surface area contributed by atoms with Crippen LogP contribution in [0.3, 0.4) is 0 Å². The summed E-state index contributed by atoms with van der Waals surface area (Å²) >= 11 is 1.58. The predicted molar refractivity (Wildman–Crippen MR) is 65.0 cm³/mol. The number of methoxy groups -OCH3 is 1. The summed E-state index contributed by atoms with van der Waals surface area (Å²) in [6.07, 6.45) is 3.86. The summed E-state index contributed by atoms with van der Waals surface area (Å²) in [7, 11) is 1.77. The first-order valence-corrected chi connectivity index (χ1v) is 6.44. The topological polar surface area (TPSA) is 45.6 Å². The maximum absolute atomic E-state index is 9.45. The van der Waals surface area contributed by atoms with Crippen LogP contribution in [0.1, 0.15) is 30.7 Å². The Balaban J connectivity index is 1.97. The van der Waals surface area contributed by atoms with Gasteiger partial charge in [0.15, 0.2) is 5.13 Å². The number of piperidine rings is 1. The molecule has 0 aliphatic carbocycles. The Morgan fingerprint density at radius 3 is 2.75 bits per heavy atom. The van der Waals surface area contributed by atoms with Crippen molar-refractivity contribution in [3.8, 4) is 0 Å². The first-order valence-electron chi connectivity index (χ1n) is 5.62. The fourth-order valence-electron chi connectivity index (χ4n) is 1.90. The van der Waals surface area contributed by atoms with E-state index < -0.39 is 6.10 Å². The minimum absolute atomic E-state index is 0.396. The van der Waals surface area contributed by atoms with Gasteiger partial charge in [-0.05, 0) is 19.8 Å². The highest BCUT2D eigenvalue weighted by Gasteiger charge is 2.21. The molecule has 2 heterocycles. The van der Waals surface area contributed by atoms with E-state index in [1.807, 2.05) is 0 Å². The van der Waals surface area contributed by atoms with Gasteiger partial charge in [-0.3, -0.25) is 0 Å². The molecule has 1 aromatic heterocycles. The molecular weight excluding hydrogens is 224 g/mol. The fourth-order valence-corrected chi connectivity index (χ4v) is 2.80. The average Bonchev–Trinajstić information content (AvgIpc) is 2.78. The highest BCUT2D eigenvalue weighted by molar-refractivity contribution is 7.15. The quantitative estimate of drug-likeness (QED) is 0.878. The van der Waals surface area contributed by atoms with Crippen LogP contribution in [0, 0.1) is 0 Å². The third-order valence-electron chi connectivity index (χ3n) is 2.97. The number of hydrogen-bond acceptors (Lipinski definition) is 5. The lowest BCUT2D eigenvalue weighted by molar-refractivity contribution is 0.0819. The number of aliphatic hydroxyl groups excluding tert-OH is 1. The summed E-state index contributed by atoms with van der Waals surface area (Å²) in [5.41, 5.74) is 0. The van der Waals surface area contributed by atoms with Crippen molar-refractivity contribution in [2.24, 2.45) is 0 Å². The molecule has 16 heavy (non-hydrogen) atoms. The van der Waals surface area contributed by atoms with Gasteiger partial charge < -0.3 is 14.7 Å². The number of thiazole rings is 1. The van der Waals surface area contributed by atoms with Crippen LogP contribution in [0.5, 0.6) is 0 Å². The van der Waals surface area contributed by atoms with Gasteiger partial charge in [0.25, 0.3) is 0 Å². The van der Waals surface area contributed by atoms with E-state index in [0.29, 0.717) is 6.10 Å². The van der Waals surface area contributed by atoms with E-state index in [1.54, 1.807) is 31.6 Å². The van der Waals surface area contributed by atoms with Gasteiger partial charge in [0.1, 0.15) is 0 Å². The molecule has 1 atom stereocenters. The zero-order valence-corrected chi connectivity index (χ0v) is 10.5. The second-order valence-corrected chi connectivity index (χ2v) is 5.18. The average molecular weight is 242 g/mol. The molecule has 0 amide bonds. The van der Waals surface area contributed by atoms with E-state index in [0.717, 1.165) is 35.9 Å². The van der Waals surface area contributed by atoms with Crippen LogP contribution in [0.15, 0.2) is 6.20 Å². The molecule has 0 saturated carbocycles. The summed E-state index contributed by atoms with van der Waals surface area (Å²) in [6, 6.07) is 0. The molecule has 0 radical (unpaired) electrons. The van der Waals surface area contributed by atoms with Crippen LogP contribution < -0.4 is 4.90 Å². The standard InChI is InChI=1S/C11H18N2O2S/c1-8(14)10-7-12-11(16-10)13-5-3-9(15-2)4-6-13/h7-9,14H,3-6H2,1-2H3. The lowest BCUT2D eigenvalue weighted by atomic mass is 10.1. The van der Waals surface area contributed by atoms with Crippen molar-refractivity contribution >= 4 is 16.5 Å². The molecule has 2 rings (SSSR count). The molecule has 1 saturated heterocycles. The van der Waals surface area contributed by atoms with E-state index in [9.17, 15) is 5.11 Å². The molecule has 1 aromatic rings. The van der Waals surface area contributed by atoms with Crippen LogP contribution in [0.25, 0.3) is 0 Å². The zero-order valence-electron chi connectivity index (χ0n) is 9.72. The molecule has 0 bridgehead atoms. The minimum atomic E-state index is -0.414. The number of anilines is 1. The summed E-state index contributed by atoms with van der Waals surface area (Å²) in [6.45, 7) is 3.75.